The third-order valence-corrected chi connectivity index (χ3v) is 4.38. The fourth-order valence-electron chi connectivity index (χ4n) is 2.99. The Morgan fingerprint density at radius 2 is 1.61 bits per heavy atom. The first-order valence-electron chi connectivity index (χ1n) is 8.75. The molecule has 0 saturated heterocycles. The molecule has 28 heavy (non-hydrogen) atoms. The molecule has 0 aliphatic heterocycles. The second kappa shape index (κ2) is 7.37. The summed E-state index contributed by atoms with van der Waals surface area (Å²) in [5.74, 6) is 7.64. The van der Waals surface area contributed by atoms with Gasteiger partial charge < -0.3 is 19.6 Å². The van der Waals surface area contributed by atoms with Crippen molar-refractivity contribution in [2.45, 2.75) is 0 Å². The van der Waals surface area contributed by atoms with E-state index in [0.717, 1.165) is 22.4 Å². The van der Waals surface area contributed by atoms with E-state index in [-0.39, 0.29) is 0 Å². The van der Waals surface area contributed by atoms with Crippen LogP contribution in [0.25, 0.3) is 16.9 Å². The summed E-state index contributed by atoms with van der Waals surface area (Å²) in [7, 11) is 3.22. The largest absolute Gasteiger partial charge is 0.493 e. The minimum absolute atomic E-state index is 0.576. The summed E-state index contributed by atoms with van der Waals surface area (Å²) < 4.78 is 12.6. The lowest BCUT2D eigenvalue weighted by atomic mass is 10.1. The second-order valence-electron chi connectivity index (χ2n) is 6.23. The van der Waals surface area contributed by atoms with E-state index in [1.807, 2.05) is 71.4 Å². The molecule has 2 aromatic heterocycles. The zero-order valence-electron chi connectivity index (χ0n) is 15.6. The molecule has 0 fully saturated rings. The number of rotatable bonds is 3. The van der Waals surface area contributed by atoms with Gasteiger partial charge in [0.2, 0.25) is 0 Å². The number of ether oxygens (including phenoxy) is 2. The number of aromatic nitrogens is 2. The van der Waals surface area contributed by atoms with Gasteiger partial charge in [-0.15, -0.1) is 0 Å². The molecular weight excluding hydrogens is 350 g/mol. The lowest BCUT2D eigenvalue weighted by Gasteiger charge is -2.08. The van der Waals surface area contributed by atoms with Crippen molar-refractivity contribution in [1.82, 2.24) is 9.38 Å². The van der Waals surface area contributed by atoms with Crippen molar-refractivity contribution >= 4 is 11.3 Å². The quantitative estimate of drug-likeness (QED) is 0.555. The monoisotopic (exact) mass is 369 g/mol. The van der Waals surface area contributed by atoms with Gasteiger partial charge in [0, 0.05) is 29.1 Å². The van der Waals surface area contributed by atoms with Crippen molar-refractivity contribution in [1.29, 1.82) is 0 Å². The SMILES string of the molecule is COc1ccc(-c2cn3cc(C#Cc4ccccc4)cc(N)c3n2)cc1OC. The molecule has 0 atom stereocenters. The Morgan fingerprint density at radius 1 is 0.857 bits per heavy atom. The third-order valence-electron chi connectivity index (χ3n) is 4.38. The standard InChI is InChI=1S/C23H19N3O2/c1-27-21-11-10-18(13-22(21)28-2)20-15-26-14-17(12-19(24)23(26)25-20)9-8-16-6-4-3-5-7-16/h3-7,10-15H,24H2,1-2H3. The van der Waals surface area contributed by atoms with Crippen LogP contribution >= 0.6 is 0 Å². The van der Waals surface area contributed by atoms with Crippen molar-refractivity contribution in [3.05, 3.63) is 78.1 Å². The average Bonchev–Trinajstić information content (AvgIpc) is 3.17. The molecule has 0 saturated carbocycles. The van der Waals surface area contributed by atoms with Crippen LogP contribution in [0.2, 0.25) is 0 Å². The molecule has 2 N–H and O–H groups in total. The molecule has 0 amide bonds. The molecule has 2 heterocycles. The second-order valence-corrected chi connectivity index (χ2v) is 6.23. The number of nitrogens with zero attached hydrogens (tertiary/aromatic N) is 2. The topological polar surface area (TPSA) is 61.8 Å². The zero-order chi connectivity index (χ0) is 19.5. The number of anilines is 1. The van der Waals surface area contributed by atoms with Gasteiger partial charge in [-0.3, -0.25) is 0 Å². The van der Waals surface area contributed by atoms with E-state index in [0.29, 0.717) is 22.8 Å². The molecule has 2 aromatic carbocycles. The fraction of sp³-hybridized carbons (Fsp3) is 0.0870. The van der Waals surface area contributed by atoms with Crippen molar-refractivity contribution < 1.29 is 9.47 Å². The van der Waals surface area contributed by atoms with Gasteiger partial charge in [-0.05, 0) is 36.4 Å². The highest BCUT2D eigenvalue weighted by Crippen LogP contribution is 2.32. The maximum atomic E-state index is 6.22. The van der Waals surface area contributed by atoms with E-state index in [4.69, 9.17) is 15.2 Å². The Morgan fingerprint density at radius 3 is 2.36 bits per heavy atom. The Kier molecular flexibility index (Phi) is 4.61. The molecule has 0 radical (unpaired) electrons. The molecule has 138 valence electrons. The molecule has 0 aliphatic rings. The molecule has 4 aromatic rings. The van der Waals surface area contributed by atoms with E-state index < -0.39 is 0 Å². The zero-order valence-corrected chi connectivity index (χ0v) is 15.6. The summed E-state index contributed by atoms with van der Waals surface area (Å²) in [6.45, 7) is 0. The molecule has 0 bridgehead atoms. The minimum Gasteiger partial charge on any atom is -0.493 e. The van der Waals surface area contributed by atoms with Crippen LogP contribution in [0.1, 0.15) is 11.1 Å². The van der Waals surface area contributed by atoms with E-state index in [1.165, 1.54) is 0 Å². The van der Waals surface area contributed by atoms with Crippen molar-refractivity contribution in [3.63, 3.8) is 0 Å². The third kappa shape index (κ3) is 3.36. The molecule has 0 aliphatic carbocycles. The van der Waals surface area contributed by atoms with Crippen LogP contribution in [0.5, 0.6) is 11.5 Å². The number of fused-ring (bicyclic) bond motifs is 1. The summed E-state index contributed by atoms with van der Waals surface area (Å²) in [5.41, 5.74) is 11.0. The predicted molar refractivity (Wildman–Crippen MR) is 111 cm³/mol. The number of hydrogen-bond donors (Lipinski definition) is 1. The van der Waals surface area contributed by atoms with Gasteiger partial charge in [-0.2, -0.15) is 0 Å². The predicted octanol–water partition coefficient (Wildman–Crippen LogP) is 4.00. The molecular formula is C23H19N3O2. The minimum atomic E-state index is 0.576. The molecule has 0 unspecified atom stereocenters. The lowest BCUT2D eigenvalue weighted by Crippen LogP contribution is -1.94. The summed E-state index contributed by atoms with van der Waals surface area (Å²) >= 11 is 0. The van der Waals surface area contributed by atoms with E-state index in [2.05, 4.69) is 16.8 Å². The van der Waals surface area contributed by atoms with Crippen molar-refractivity contribution in [3.8, 4) is 34.6 Å². The Labute approximate surface area is 163 Å². The summed E-state index contributed by atoms with van der Waals surface area (Å²) in [4.78, 5) is 4.67. The van der Waals surface area contributed by atoms with Gasteiger partial charge >= 0.3 is 0 Å². The highest BCUT2D eigenvalue weighted by molar-refractivity contribution is 5.73. The van der Waals surface area contributed by atoms with Gasteiger partial charge in [-0.25, -0.2) is 4.98 Å². The van der Waals surface area contributed by atoms with Crippen LogP contribution in [0.15, 0.2) is 67.0 Å². The highest BCUT2D eigenvalue weighted by Gasteiger charge is 2.11. The van der Waals surface area contributed by atoms with Crippen molar-refractivity contribution in [2.24, 2.45) is 0 Å². The van der Waals surface area contributed by atoms with Crippen LogP contribution < -0.4 is 15.2 Å². The van der Waals surface area contributed by atoms with E-state index in [9.17, 15) is 0 Å². The number of nitrogen functional groups attached to an aromatic ring is 1. The van der Waals surface area contributed by atoms with Gasteiger partial charge in [-0.1, -0.05) is 30.0 Å². The van der Waals surface area contributed by atoms with Gasteiger partial charge in [0.25, 0.3) is 0 Å². The van der Waals surface area contributed by atoms with Crippen LogP contribution in [-0.4, -0.2) is 23.6 Å². The smallest absolute Gasteiger partial charge is 0.161 e. The Balaban J connectivity index is 1.74. The summed E-state index contributed by atoms with van der Waals surface area (Å²) in [6, 6.07) is 17.4. The van der Waals surface area contributed by atoms with Crippen LogP contribution in [-0.2, 0) is 0 Å². The van der Waals surface area contributed by atoms with Gasteiger partial charge in [0.05, 0.1) is 25.6 Å². The molecule has 5 heteroatoms. The Bertz CT molecular complexity index is 1200. The van der Waals surface area contributed by atoms with Gasteiger partial charge in [0.15, 0.2) is 17.1 Å². The number of imidazole rings is 1. The molecule has 0 spiro atoms. The lowest BCUT2D eigenvalue weighted by molar-refractivity contribution is 0.355. The van der Waals surface area contributed by atoms with E-state index in [1.54, 1.807) is 14.2 Å². The first-order chi connectivity index (χ1) is 13.7. The molecule has 5 nitrogen and oxygen atoms in total. The van der Waals surface area contributed by atoms with Crippen LogP contribution in [0.4, 0.5) is 5.69 Å². The summed E-state index contributed by atoms with van der Waals surface area (Å²) in [6.07, 6.45) is 3.86. The number of pyridine rings is 1. The van der Waals surface area contributed by atoms with Crippen LogP contribution in [0, 0.1) is 11.8 Å². The van der Waals surface area contributed by atoms with E-state index >= 15 is 0 Å². The number of hydrogen-bond acceptors (Lipinski definition) is 4. The number of methoxy groups -OCH3 is 2. The highest BCUT2D eigenvalue weighted by atomic mass is 16.5. The molecule has 4 rings (SSSR count). The normalized spacial score (nSPS) is 10.4. The van der Waals surface area contributed by atoms with Crippen LogP contribution in [0.3, 0.4) is 0 Å². The maximum absolute atomic E-state index is 6.22. The van der Waals surface area contributed by atoms with Crippen molar-refractivity contribution in [2.75, 3.05) is 20.0 Å². The first kappa shape index (κ1) is 17.5. The Hall–Kier alpha value is -3.91. The fourth-order valence-corrected chi connectivity index (χ4v) is 2.99. The number of nitrogens with two attached hydrogens (primary N) is 1. The number of benzene rings is 2. The average molecular weight is 369 g/mol. The maximum Gasteiger partial charge on any atom is 0.161 e. The first-order valence-corrected chi connectivity index (χ1v) is 8.75. The van der Waals surface area contributed by atoms with Gasteiger partial charge in [0.1, 0.15) is 0 Å². The summed E-state index contributed by atoms with van der Waals surface area (Å²) in [5, 5.41) is 0.